The van der Waals surface area contributed by atoms with Gasteiger partial charge in [0.15, 0.2) is 11.4 Å². The molecule has 1 aromatic carbocycles. The van der Waals surface area contributed by atoms with Gasteiger partial charge in [0.05, 0.1) is 11.0 Å². The first-order chi connectivity index (χ1) is 17.1. The number of fused-ring (bicyclic) bond motifs is 5. The minimum absolute atomic E-state index is 0.187. The summed E-state index contributed by atoms with van der Waals surface area (Å²) in [6, 6.07) is 8.20. The summed E-state index contributed by atoms with van der Waals surface area (Å²) in [4.78, 5) is 22.9. The molecule has 0 saturated heterocycles. The van der Waals surface area contributed by atoms with Crippen molar-refractivity contribution in [3.05, 3.63) is 36.3 Å². The Morgan fingerprint density at radius 3 is 2.49 bits per heavy atom. The second-order valence-electron chi connectivity index (χ2n) is 9.73. The molecule has 0 radical (unpaired) electrons. The number of imidazole rings is 1. The lowest BCUT2D eigenvalue weighted by atomic mass is 9.99. The Kier molecular flexibility index (Phi) is 8.42. The average molecular weight is 477 g/mol. The molecule has 6 heteroatoms. The summed E-state index contributed by atoms with van der Waals surface area (Å²) in [5.41, 5.74) is 3.70. The number of hydrogen-bond donors (Lipinski definition) is 0. The van der Waals surface area contributed by atoms with E-state index in [9.17, 15) is 4.79 Å². The van der Waals surface area contributed by atoms with Gasteiger partial charge in [-0.2, -0.15) is 0 Å². The average Bonchev–Trinajstić information content (AvgIpc) is 3.42. The Bertz CT molecular complexity index is 1290. The maximum Gasteiger partial charge on any atom is 0.311 e. The van der Waals surface area contributed by atoms with Crippen LogP contribution >= 0.6 is 0 Å². The summed E-state index contributed by atoms with van der Waals surface area (Å²) in [7, 11) is 0. The van der Waals surface area contributed by atoms with Crippen LogP contribution in [-0.2, 0) is 17.8 Å². The number of hydrogen-bond acceptors (Lipinski definition) is 4. The molecule has 35 heavy (non-hydrogen) atoms. The van der Waals surface area contributed by atoms with Gasteiger partial charge in [0.1, 0.15) is 16.9 Å². The van der Waals surface area contributed by atoms with Crippen LogP contribution in [0.4, 0.5) is 0 Å². The van der Waals surface area contributed by atoms with Crippen molar-refractivity contribution in [2.75, 3.05) is 0 Å². The van der Waals surface area contributed by atoms with Crippen LogP contribution in [0, 0.1) is 5.92 Å². The quantitative estimate of drug-likeness (QED) is 0.188. The minimum atomic E-state index is -0.187. The van der Waals surface area contributed by atoms with E-state index in [2.05, 4.69) is 42.7 Å². The lowest BCUT2D eigenvalue weighted by molar-refractivity contribution is -0.134. The zero-order valence-electron chi connectivity index (χ0n) is 21.8. The maximum absolute atomic E-state index is 12.7. The van der Waals surface area contributed by atoms with E-state index in [1.807, 2.05) is 24.4 Å². The fourth-order valence-electron chi connectivity index (χ4n) is 4.89. The van der Waals surface area contributed by atoms with E-state index in [0.717, 1.165) is 78.6 Å². The van der Waals surface area contributed by atoms with Crippen molar-refractivity contribution in [2.24, 2.45) is 5.92 Å². The van der Waals surface area contributed by atoms with Crippen LogP contribution in [0.1, 0.15) is 91.3 Å². The van der Waals surface area contributed by atoms with E-state index in [1.54, 1.807) is 0 Å². The van der Waals surface area contributed by atoms with E-state index in [4.69, 9.17) is 14.7 Å². The lowest BCUT2D eigenvalue weighted by Crippen LogP contribution is -2.11. The van der Waals surface area contributed by atoms with Crippen LogP contribution in [0.2, 0.25) is 0 Å². The molecule has 4 aromatic rings. The lowest BCUT2D eigenvalue weighted by Gasteiger charge is -2.16. The maximum atomic E-state index is 12.7. The molecule has 0 spiro atoms. The monoisotopic (exact) mass is 476 g/mol. The number of nitrogens with zero attached hydrogens (tertiary/aromatic N) is 4. The standard InChI is InChI=1S/C29H40N4O2/c1-5-9-14-21(8-4)19-32-20-24(35-26(34)18-11-7-3)27-28(32)31-25(17-10-6-2)33-23-16-13-12-15-22(23)30-29(27)33/h12-13,15-16,20-21H,5-11,14,17-19H2,1-4H3/t21-/m0/s1. The highest BCUT2D eigenvalue weighted by molar-refractivity contribution is 6.00. The van der Waals surface area contributed by atoms with Gasteiger partial charge in [-0.1, -0.05) is 71.9 Å². The summed E-state index contributed by atoms with van der Waals surface area (Å²) in [6.07, 6.45) is 12.0. The Balaban J connectivity index is 1.92. The van der Waals surface area contributed by atoms with Gasteiger partial charge in [-0.3, -0.25) is 9.20 Å². The van der Waals surface area contributed by atoms with Crippen LogP contribution in [0.5, 0.6) is 5.75 Å². The van der Waals surface area contributed by atoms with E-state index in [0.29, 0.717) is 18.1 Å². The number of aryl methyl sites for hydroxylation is 1. The molecular weight excluding hydrogens is 436 g/mol. The van der Waals surface area contributed by atoms with Crippen LogP contribution < -0.4 is 4.74 Å². The SMILES string of the molecule is CCCCC(=O)Oc1cn(C[C@@H](CC)CCCC)c2nc(CCCC)n3c4ccccc4nc3c12. The van der Waals surface area contributed by atoms with Crippen molar-refractivity contribution in [3.63, 3.8) is 0 Å². The molecule has 188 valence electrons. The summed E-state index contributed by atoms with van der Waals surface area (Å²) in [6.45, 7) is 9.67. The molecule has 0 N–H and O–H groups in total. The number of benzene rings is 1. The van der Waals surface area contributed by atoms with Gasteiger partial charge >= 0.3 is 5.97 Å². The Labute approximate surface area is 208 Å². The second-order valence-corrected chi connectivity index (χ2v) is 9.73. The number of para-hydroxylation sites is 2. The van der Waals surface area contributed by atoms with Crippen molar-refractivity contribution < 1.29 is 9.53 Å². The molecule has 0 aliphatic rings. The van der Waals surface area contributed by atoms with Gasteiger partial charge in [-0.05, 0) is 37.3 Å². The van der Waals surface area contributed by atoms with E-state index < -0.39 is 0 Å². The van der Waals surface area contributed by atoms with Crippen molar-refractivity contribution in [1.82, 2.24) is 18.9 Å². The Morgan fingerprint density at radius 2 is 1.74 bits per heavy atom. The van der Waals surface area contributed by atoms with Crippen LogP contribution in [0.15, 0.2) is 30.5 Å². The van der Waals surface area contributed by atoms with E-state index in [1.165, 1.54) is 19.3 Å². The third-order valence-corrected chi connectivity index (χ3v) is 7.00. The van der Waals surface area contributed by atoms with Crippen molar-refractivity contribution in [3.8, 4) is 5.75 Å². The van der Waals surface area contributed by atoms with Gasteiger partial charge in [-0.25, -0.2) is 9.97 Å². The first kappa shape index (κ1) is 25.2. The van der Waals surface area contributed by atoms with Crippen molar-refractivity contribution in [2.45, 2.75) is 98.4 Å². The highest BCUT2D eigenvalue weighted by Gasteiger charge is 2.23. The number of ether oxygens (including phenoxy) is 1. The summed E-state index contributed by atoms with van der Waals surface area (Å²) in [5.74, 6) is 1.98. The normalized spacial score (nSPS) is 12.7. The molecule has 0 unspecified atom stereocenters. The fraction of sp³-hybridized carbons (Fsp3) is 0.552. The van der Waals surface area contributed by atoms with Gasteiger partial charge in [0.25, 0.3) is 0 Å². The van der Waals surface area contributed by atoms with Gasteiger partial charge < -0.3 is 9.30 Å². The Morgan fingerprint density at radius 1 is 0.971 bits per heavy atom. The smallest absolute Gasteiger partial charge is 0.311 e. The van der Waals surface area contributed by atoms with Crippen LogP contribution in [-0.4, -0.2) is 24.9 Å². The number of carbonyl (C=O) groups excluding carboxylic acids is 1. The zero-order chi connectivity index (χ0) is 24.8. The van der Waals surface area contributed by atoms with Crippen molar-refractivity contribution >= 4 is 33.7 Å². The predicted molar refractivity (Wildman–Crippen MR) is 143 cm³/mol. The van der Waals surface area contributed by atoms with Gasteiger partial charge in [-0.15, -0.1) is 0 Å². The third kappa shape index (κ3) is 5.36. The number of rotatable bonds is 13. The minimum Gasteiger partial charge on any atom is -0.424 e. The molecule has 0 saturated carbocycles. The van der Waals surface area contributed by atoms with E-state index in [-0.39, 0.29) is 5.97 Å². The molecule has 3 aromatic heterocycles. The summed E-state index contributed by atoms with van der Waals surface area (Å²) in [5, 5.41) is 0.844. The molecule has 0 aliphatic heterocycles. The largest absolute Gasteiger partial charge is 0.424 e. The molecule has 1 atom stereocenters. The highest BCUT2D eigenvalue weighted by Crippen LogP contribution is 2.35. The van der Waals surface area contributed by atoms with Crippen molar-refractivity contribution in [1.29, 1.82) is 0 Å². The third-order valence-electron chi connectivity index (χ3n) is 7.00. The first-order valence-corrected chi connectivity index (χ1v) is 13.6. The van der Waals surface area contributed by atoms with Crippen LogP contribution in [0.25, 0.3) is 27.7 Å². The summed E-state index contributed by atoms with van der Waals surface area (Å²) >= 11 is 0. The zero-order valence-corrected chi connectivity index (χ0v) is 21.8. The summed E-state index contributed by atoms with van der Waals surface area (Å²) < 4.78 is 10.4. The molecular formula is C29H40N4O2. The van der Waals surface area contributed by atoms with Crippen LogP contribution in [0.3, 0.4) is 0 Å². The number of carbonyl (C=O) groups is 1. The topological polar surface area (TPSA) is 61.4 Å². The van der Waals surface area contributed by atoms with Gasteiger partial charge in [0, 0.05) is 25.6 Å². The Hall–Kier alpha value is -2.89. The molecule has 0 aliphatic carbocycles. The number of aromatic nitrogens is 4. The molecule has 0 amide bonds. The highest BCUT2D eigenvalue weighted by atomic mass is 16.5. The first-order valence-electron chi connectivity index (χ1n) is 13.6. The molecule has 6 nitrogen and oxygen atoms in total. The number of unbranched alkanes of at least 4 members (excludes halogenated alkanes) is 3. The predicted octanol–water partition coefficient (Wildman–Crippen LogP) is 7.49. The van der Waals surface area contributed by atoms with Gasteiger partial charge in [0.2, 0.25) is 0 Å². The van der Waals surface area contributed by atoms with E-state index >= 15 is 0 Å². The number of esters is 1. The molecule has 3 heterocycles. The molecule has 0 bridgehead atoms. The molecule has 0 fully saturated rings. The second kappa shape index (κ2) is 11.7. The fourth-order valence-corrected chi connectivity index (χ4v) is 4.89. The molecule has 4 rings (SSSR count).